The number of amides is 1. The fraction of sp³-hybridized carbons (Fsp3) is 0.385. The van der Waals surface area contributed by atoms with Crippen LogP contribution in [0, 0.1) is 0 Å². The van der Waals surface area contributed by atoms with E-state index in [2.05, 4.69) is 5.32 Å². The average Bonchev–Trinajstić information content (AvgIpc) is 2.34. The van der Waals surface area contributed by atoms with Crippen molar-refractivity contribution in [1.29, 1.82) is 0 Å². The number of nitrogens with one attached hydrogen (secondary N) is 1. The summed E-state index contributed by atoms with van der Waals surface area (Å²) in [6.07, 6.45) is 0.0191. The Morgan fingerprint density at radius 2 is 1.89 bits per heavy atom. The number of carbonyl (C=O) groups excluding carboxylic acids is 1. The molecule has 1 amide bonds. The van der Waals surface area contributed by atoms with E-state index in [0.717, 1.165) is 5.56 Å². The molecule has 0 saturated heterocycles. The summed E-state index contributed by atoms with van der Waals surface area (Å²) in [7, 11) is 0. The third-order valence-electron chi connectivity index (χ3n) is 2.24. The molecule has 5 nitrogen and oxygen atoms in total. The van der Waals surface area contributed by atoms with Crippen LogP contribution in [0.1, 0.15) is 29.8 Å². The van der Waals surface area contributed by atoms with Gasteiger partial charge in [0.05, 0.1) is 11.7 Å². The number of rotatable bonds is 6. The Kier molecular flexibility index (Phi) is 5.32. The van der Waals surface area contributed by atoms with Gasteiger partial charge in [-0.3, -0.25) is 4.79 Å². The monoisotopic (exact) mass is 251 g/mol. The van der Waals surface area contributed by atoms with Crippen molar-refractivity contribution >= 4 is 11.9 Å². The highest BCUT2D eigenvalue weighted by molar-refractivity contribution is 5.87. The highest BCUT2D eigenvalue weighted by Crippen LogP contribution is 2.04. The summed E-state index contributed by atoms with van der Waals surface area (Å²) >= 11 is 0. The van der Waals surface area contributed by atoms with Crippen LogP contribution in [0.25, 0.3) is 0 Å². The van der Waals surface area contributed by atoms with Crippen LogP contribution in [0.4, 0.5) is 0 Å². The van der Waals surface area contributed by atoms with Crippen LogP contribution >= 0.6 is 0 Å². The summed E-state index contributed by atoms with van der Waals surface area (Å²) in [6, 6.07) is 6.36. The molecule has 1 aromatic rings. The largest absolute Gasteiger partial charge is 0.478 e. The molecule has 0 radical (unpaired) electrons. The molecule has 0 aliphatic rings. The minimum Gasteiger partial charge on any atom is -0.478 e. The topological polar surface area (TPSA) is 75.6 Å². The molecule has 18 heavy (non-hydrogen) atoms. The first-order valence-corrected chi connectivity index (χ1v) is 5.69. The van der Waals surface area contributed by atoms with E-state index in [9.17, 15) is 9.59 Å². The number of hydrogen-bond acceptors (Lipinski definition) is 3. The smallest absolute Gasteiger partial charge is 0.335 e. The number of ether oxygens (including phenoxy) is 1. The molecule has 0 bridgehead atoms. The Labute approximate surface area is 106 Å². The lowest BCUT2D eigenvalue weighted by atomic mass is 10.1. The van der Waals surface area contributed by atoms with Gasteiger partial charge in [0.25, 0.3) is 0 Å². The van der Waals surface area contributed by atoms with Crippen molar-refractivity contribution in [3.8, 4) is 0 Å². The molecule has 0 heterocycles. The Hall–Kier alpha value is -1.88. The molecule has 98 valence electrons. The molecule has 1 aromatic carbocycles. The van der Waals surface area contributed by atoms with E-state index in [1.54, 1.807) is 12.1 Å². The zero-order valence-corrected chi connectivity index (χ0v) is 10.5. The van der Waals surface area contributed by atoms with Gasteiger partial charge in [0, 0.05) is 6.54 Å². The van der Waals surface area contributed by atoms with Crippen LogP contribution in [-0.2, 0) is 16.1 Å². The molecular weight excluding hydrogens is 234 g/mol. The molecule has 0 aliphatic heterocycles. The van der Waals surface area contributed by atoms with Crippen LogP contribution in [0.3, 0.4) is 0 Å². The lowest BCUT2D eigenvalue weighted by molar-refractivity contribution is -0.127. The minimum absolute atomic E-state index is 0.0191. The summed E-state index contributed by atoms with van der Waals surface area (Å²) in [5.41, 5.74) is 1.08. The lowest BCUT2D eigenvalue weighted by Gasteiger charge is -2.08. The molecule has 0 unspecified atom stereocenters. The maximum absolute atomic E-state index is 11.4. The zero-order valence-electron chi connectivity index (χ0n) is 10.5. The van der Waals surface area contributed by atoms with Gasteiger partial charge in [0.2, 0.25) is 5.91 Å². The van der Waals surface area contributed by atoms with Gasteiger partial charge in [-0.2, -0.15) is 0 Å². The Morgan fingerprint density at radius 3 is 2.39 bits per heavy atom. The van der Waals surface area contributed by atoms with Gasteiger partial charge in [-0.25, -0.2) is 4.79 Å². The first-order valence-electron chi connectivity index (χ1n) is 5.69. The molecule has 0 spiro atoms. The summed E-state index contributed by atoms with van der Waals surface area (Å²) in [5, 5.41) is 11.4. The number of hydrogen-bond donors (Lipinski definition) is 2. The number of aromatic carboxylic acids is 1. The number of carbonyl (C=O) groups is 2. The first kappa shape index (κ1) is 14.2. The van der Waals surface area contributed by atoms with Crippen LogP contribution in [0.15, 0.2) is 24.3 Å². The van der Waals surface area contributed by atoms with Crippen LogP contribution in [0.2, 0.25) is 0 Å². The van der Waals surface area contributed by atoms with Crippen molar-refractivity contribution in [2.24, 2.45) is 0 Å². The Bertz CT molecular complexity index is 412. The van der Waals surface area contributed by atoms with Gasteiger partial charge in [-0.15, -0.1) is 0 Å². The van der Waals surface area contributed by atoms with Crippen molar-refractivity contribution in [3.05, 3.63) is 35.4 Å². The van der Waals surface area contributed by atoms with Crippen LogP contribution in [-0.4, -0.2) is 29.7 Å². The van der Waals surface area contributed by atoms with E-state index in [1.165, 1.54) is 12.1 Å². The SMILES string of the molecule is CC(C)OCC(=O)NCc1ccc(C(=O)O)cc1. The Balaban J connectivity index is 2.39. The van der Waals surface area contributed by atoms with Gasteiger partial charge in [-0.1, -0.05) is 12.1 Å². The highest BCUT2D eigenvalue weighted by Gasteiger charge is 2.04. The van der Waals surface area contributed by atoms with Gasteiger partial charge in [-0.05, 0) is 31.5 Å². The van der Waals surface area contributed by atoms with E-state index in [4.69, 9.17) is 9.84 Å². The highest BCUT2D eigenvalue weighted by atomic mass is 16.5. The van der Waals surface area contributed by atoms with Crippen LogP contribution < -0.4 is 5.32 Å². The van der Waals surface area contributed by atoms with E-state index in [1.807, 2.05) is 13.8 Å². The van der Waals surface area contributed by atoms with Crippen molar-refractivity contribution in [3.63, 3.8) is 0 Å². The Morgan fingerprint density at radius 1 is 1.28 bits per heavy atom. The zero-order chi connectivity index (χ0) is 13.5. The number of carboxylic acids is 1. The maximum Gasteiger partial charge on any atom is 0.335 e. The van der Waals surface area contributed by atoms with E-state index < -0.39 is 5.97 Å². The van der Waals surface area contributed by atoms with Crippen LogP contribution in [0.5, 0.6) is 0 Å². The normalized spacial score (nSPS) is 10.4. The molecule has 5 heteroatoms. The fourth-order valence-corrected chi connectivity index (χ4v) is 1.26. The third kappa shape index (κ3) is 4.97. The summed E-state index contributed by atoms with van der Waals surface area (Å²) < 4.78 is 5.15. The predicted molar refractivity (Wildman–Crippen MR) is 66.3 cm³/mol. The van der Waals surface area contributed by atoms with Gasteiger partial charge < -0.3 is 15.2 Å². The fourth-order valence-electron chi connectivity index (χ4n) is 1.26. The summed E-state index contributed by atoms with van der Waals surface area (Å²) in [4.78, 5) is 22.0. The summed E-state index contributed by atoms with van der Waals surface area (Å²) in [6.45, 7) is 4.11. The second-order valence-electron chi connectivity index (χ2n) is 4.14. The average molecular weight is 251 g/mol. The lowest BCUT2D eigenvalue weighted by Crippen LogP contribution is -2.28. The molecule has 2 N–H and O–H groups in total. The molecule has 0 aliphatic carbocycles. The molecule has 1 rings (SSSR count). The predicted octanol–water partition coefficient (Wildman–Crippen LogP) is 1.43. The van der Waals surface area contributed by atoms with E-state index in [0.29, 0.717) is 6.54 Å². The van der Waals surface area contributed by atoms with Crippen molar-refractivity contribution in [2.75, 3.05) is 6.61 Å². The molecule has 0 atom stereocenters. The van der Waals surface area contributed by atoms with Gasteiger partial charge in [0.15, 0.2) is 0 Å². The van der Waals surface area contributed by atoms with Crippen molar-refractivity contribution < 1.29 is 19.4 Å². The van der Waals surface area contributed by atoms with Gasteiger partial charge >= 0.3 is 5.97 Å². The quantitative estimate of drug-likeness (QED) is 0.802. The molecule has 0 saturated carbocycles. The second kappa shape index (κ2) is 6.76. The maximum atomic E-state index is 11.4. The third-order valence-corrected chi connectivity index (χ3v) is 2.24. The van der Waals surface area contributed by atoms with Gasteiger partial charge in [0.1, 0.15) is 6.61 Å². The van der Waals surface area contributed by atoms with Crippen molar-refractivity contribution in [2.45, 2.75) is 26.5 Å². The number of benzene rings is 1. The van der Waals surface area contributed by atoms with E-state index in [-0.39, 0.29) is 24.2 Å². The summed E-state index contributed by atoms with van der Waals surface area (Å²) in [5.74, 6) is -1.15. The second-order valence-corrected chi connectivity index (χ2v) is 4.14. The first-order chi connectivity index (χ1) is 8.49. The van der Waals surface area contributed by atoms with E-state index >= 15 is 0 Å². The number of carboxylic acid groups (broad SMARTS) is 1. The van der Waals surface area contributed by atoms with Crippen molar-refractivity contribution in [1.82, 2.24) is 5.32 Å². The molecule has 0 fully saturated rings. The molecular formula is C13H17NO4. The molecule has 0 aromatic heterocycles. The minimum atomic E-state index is -0.962. The standard InChI is InChI=1S/C13H17NO4/c1-9(2)18-8-12(15)14-7-10-3-5-11(6-4-10)13(16)17/h3-6,9H,7-8H2,1-2H3,(H,14,15)(H,16,17).